The number of likely N-dealkylation sites (tertiary alicyclic amines) is 1. The van der Waals surface area contributed by atoms with Crippen LogP contribution in [0.4, 0.5) is 11.5 Å². The number of aliphatic carboxylic acids is 1. The van der Waals surface area contributed by atoms with Crippen molar-refractivity contribution in [2.75, 3.05) is 25.0 Å². The topological polar surface area (TPSA) is 56.7 Å². The third-order valence-electron chi connectivity index (χ3n) is 4.64. The van der Waals surface area contributed by atoms with Gasteiger partial charge in [0.2, 0.25) is 0 Å². The van der Waals surface area contributed by atoms with E-state index in [1.165, 1.54) is 0 Å². The first-order valence-electron chi connectivity index (χ1n) is 8.32. The van der Waals surface area contributed by atoms with Crippen LogP contribution in [0.1, 0.15) is 18.4 Å². The first kappa shape index (κ1) is 16.5. The Morgan fingerprint density at radius 1 is 1.21 bits per heavy atom. The minimum absolute atomic E-state index is 0.179. The number of piperidine rings is 1. The molecule has 1 fully saturated rings. The van der Waals surface area contributed by atoms with Crippen LogP contribution in [0, 0.1) is 5.92 Å². The number of hydrogen-bond acceptors (Lipinski definition) is 4. The van der Waals surface area contributed by atoms with E-state index >= 15 is 0 Å². The Balaban J connectivity index is 1.58. The summed E-state index contributed by atoms with van der Waals surface area (Å²) in [4.78, 5) is 19.9. The van der Waals surface area contributed by atoms with Gasteiger partial charge in [-0.1, -0.05) is 24.3 Å². The second kappa shape index (κ2) is 7.45. The van der Waals surface area contributed by atoms with Crippen LogP contribution >= 0.6 is 0 Å². The lowest BCUT2D eigenvalue weighted by Crippen LogP contribution is -2.35. The predicted molar refractivity (Wildman–Crippen MR) is 94.4 cm³/mol. The maximum absolute atomic E-state index is 11.0. The Morgan fingerprint density at radius 3 is 2.50 bits per heavy atom. The molecule has 2 heterocycles. The van der Waals surface area contributed by atoms with Crippen molar-refractivity contribution in [3.05, 3.63) is 54.2 Å². The number of pyridine rings is 1. The summed E-state index contributed by atoms with van der Waals surface area (Å²) >= 11 is 0. The molecule has 1 N–H and O–H groups in total. The summed E-state index contributed by atoms with van der Waals surface area (Å²) in [7, 11) is 2.01. The highest BCUT2D eigenvalue weighted by Crippen LogP contribution is 2.22. The molecule has 1 saturated heterocycles. The molecule has 0 saturated carbocycles. The molecule has 5 heteroatoms. The van der Waals surface area contributed by atoms with Gasteiger partial charge < -0.3 is 10.0 Å². The van der Waals surface area contributed by atoms with E-state index in [4.69, 9.17) is 5.11 Å². The van der Waals surface area contributed by atoms with Crippen molar-refractivity contribution in [1.82, 2.24) is 9.88 Å². The number of hydrogen-bond donors (Lipinski definition) is 1. The molecule has 0 aliphatic carbocycles. The molecule has 2 aromatic rings. The van der Waals surface area contributed by atoms with Crippen LogP contribution < -0.4 is 4.90 Å². The van der Waals surface area contributed by atoms with Crippen molar-refractivity contribution < 1.29 is 9.90 Å². The summed E-state index contributed by atoms with van der Waals surface area (Å²) in [6.45, 7) is 2.50. The second-order valence-electron chi connectivity index (χ2n) is 6.31. The SMILES string of the molecule is CN(c1ccccc1)c1ccc(CN2CCC(C(=O)O)CC2)cn1. The van der Waals surface area contributed by atoms with Gasteiger partial charge in [-0.25, -0.2) is 4.98 Å². The molecule has 0 spiro atoms. The molecular formula is C19H23N3O2. The van der Waals surface area contributed by atoms with Crippen LogP contribution in [0.5, 0.6) is 0 Å². The average Bonchev–Trinajstić information content (AvgIpc) is 2.63. The van der Waals surface area contributed by atoms with Crippen LogP contribution in [0.2, 0.25) is 0 Å². The van der Waals surface area contributed by atoms with E-state index in [1.54, 1.807) is 0 Å². The number of anilines is 2. The molecule has 1 aliphatic rings. The van der Waals surface area contributed by atoms with Crippen LogP contribution in [0.3, 0.4) is 0 Å². The van der Waals surface area contributed by atoms with Gasteiger partial charge in [-0.3, -0.25) is 9.69 Å². The lowest BCUT2D eigenvalue weighted by Gasteiger charge is -2.30. The van der Waals surface area contributed by atoms with Gasteiger partial charge in [0, 0.05) is 25.5 Å². The maximum Gasteiger partial charge on any atom is 0.306 e. The number of carboxylic acid groups (broad SMARTS) is 1. The Labute approximate surface area is 142 Å². The largest absolute Gasteiger partial charge is 0.481 e. The van der Waals surface area contributed by atoms with Gasteiger partial charge in [-0.15, -0.1) is 0 Å². The molecule has 0 radical (unpaired) electrons. The molecule has 126 valence electrons. The standard InChI is InChI=1S/C19H23N3O2/c1-21(17-5-3-2-4-6-17)18-8-7-15(13-20-18)14-22-11-9-16(10-12-22)19(23)24/h2-8,13,16H,9-12,14H2,1H3,(H,23,24). The number of benzene rings is 1. The lowest BCUT2D eigenvalue weighted by atomic mass is 9.97. The summed E-state index contributed by atoms with van der Waals surface area (Å²) in [5.74, 6) is 0.0698. The Kier molecular flexibility index (Phi) is 5.11. The van der Waals surface area contributed by atoms with Crippen molar-refractivity contribution in [3.63, 3.8) is 0 Å². The quantitative estimate of drug-likeness (QED) is 0.915. The van der Waals surface area contributed by atoms with E-state index in [-0.39, 0.29) is 5.92 Å². The average molecular weight is 325 g/mol. The smallest absolute Gasteiger partial charge is 0.306 e. The molecule has 1 aliphatic heterocycles. The molecule has 0 bridgehead atoms. The molecule has 1 aromatic carbocycles. The number of carbonyl (C=O) groups is 1. The van der Waals surface area contributed by atoms with Gasteiger partial charge in [-0.05, 0) is 49.7 Å². The number of carboxylic acids is 1. The minimum atomic E-state index is -0.662. The van der Waals surface area contributed by atoms with Crippen LogP contribution in [-0.2, 0) is 11.3 Å². The highest BCUT2D eigenvalue weighted by molar-refractivity contribution is 5.70. The third-order valence-corrected chi connectivity index (χ3v) is 4.64. The lowest BCUT2D eigenvalue weighted by molar-refractivity contribution is -0.143. The third kappa shape index (κ3) is 3.92. The zero-order chi connectivity index (χ0) is 16.9. The highest BCUT2D eigenvalue weighted by atomic mass is 16.4. The number of aromatic nitrogens is 1. The monoisotopic (exact) mass is 325 g/mol. The fourth-order valence-electron chi connectivity index (χ4n) is 3.09. The Hall–Kier alpha value is -2.40. The molecule has 5 nitrogen and oxygen atoms in total. The molecule has 3 rings (SSSR count). The summed E-state index contributed by atoms with van der Waals surface area (Å²) in [5.41, 5.74) is 2.27. The molecule has 0 atom stereocenters. The van der Waals surface area contributed by atoms with Crippen LogP contribution in [0.25, 0.3) is 0 Å². The molecule has 24 heavy (non-hydrogen) atoms. The van der Waals surface area contributed by atoms with E-state index in [2.05, 4.69) is 33.0 Å². The van der Waals surface area contributed by atoms with Gasteiger partial charge in [0.1, 0.15) is 5.82 Å². The fourth-order valence-corrected chi connectivity index (χ4v) is 3.09. The Morgan fingerprint density at radius 2 is 1.92 bits per heavy atom. The van der Waals surface area contributed by atoms with Crippen LogP contribution in [-0.4, -0.2) is 41.1 Å². The normalized spacial score (nSPS) is 16.0. The number of rotatable bonds is 5. The number of nitrogens with zero attached hydrogens (tertiary/aromatic N) is 3. The van der Waals surface area contributed by atoms with E-state index in [0.29, 0.717) is 0 Å². The first-order chi connectivity index (χ1) is 11.6. The maximum atomic E-state index is 11.0. The minimum Gasteiger partial charge on any atom is -0.481 e. The molecule has 0 amide bonds. The zero-order valence-corrected chi connectivity index (χ0v) is 13.9. The van der Waals surface area contributed by atoms with E-state index in [0.717, 1.165) is 49.5 Å². The fraction of sp³-hybridized carbons (Fsp3) is 0.368. The summed E-state index contributed by atoms with van der Waals surface area (Å²) < 4.78 is 0. The second-order valence-corrected chi connectivity index (χ2v) is 6.31. The van der Waals surface area contributed by atoms with Crippen molar-refractivity contribution in [2.24, 2.45) is 5.92 Å². The Bertz CT molecular complexity index is 665. The van der Waals surface area contributed by atoms with Gasteiger partial charge >= 0.3 is 5.97 Å². The van der Waals surface area contributed by atoms with E-state index in [1.807, 2.05) is 37.5 Å². The number of para-hydroxylation sites is 1. The van der Waals surface area contributed by atoms with Gasteiger partial charge in [-0.2, -0.15) is 0 Å². The zero-order valence-electron chi connectivity index (χ0n) is 13.9. The van der Waals surface area contributed by atoms with Gasteiger partial charge in [0.05, 0.1) is 5.92 Å². The first-order valence-corrected chi connectivity index (χ1v) is 8.32. The van der Waals surface area contributed by atoms with E-state index in [9.17, 15) is 4.79 Å². The molecule has 1 aromatic heterocycles. The van der Waals surface area contributed by atoms with Crippen molar-refractivity contribution in [1.29, 1.82) is 0 Å². The molecule has 0 unspecified atom stereocenters. The molecular weight excluding hydrogens is 302 g/mol. The summed E-state index contributed by atoms with van der Waals surface area (Å²) in [6.07, 6.45) is 3.38. The highest BCUT2D eigenvalue weighted by Gasteiger charge is 2.24. The summed E-state index contributed by atoms with van der Waals surface area (Å²) in [5, 5.41) is 9.06. The van der Waals surface area contributed by atoms with Crippen molar-refractivity contribution in [3.8, 4) is 0 Å². The summed E-state index contributed by atoms with van der Waals surface area (Å²) in [6, 6.07) is 14.3. The van der Waals surface area contributed by atoms with Gasteiger partial charge in [0.15, 0.2) is 0 Å². The van der Waals surface area contributed by atoms with Crippen molar-refractivity contribution >= 4 is 17.5 Å². The van der Waals surface area contributed by atoms with Gasteiger partial charge in [0.25, 0.3) is 0 Å². The van der Waals surface area contributed by atoms with Crippen LogP contribution in [0.15, 0.2) is 48.7 Å². The predicted octanol–water partition coefficient (Wildman–Crippen LogP) is 3.15. The van der Waals surface area contributed by atoms with Crippen molar-refractivity contribution in [2.45, 2.75) is 19.4 Å². The van der Waals surface area contributed by atoms with E-state index < -0.39 is 5.97 Å².